The van der Waals surface area contributed by atoms with E-state index < -0.39 is 42.1 Å². The molecular weight excluding hydrogens is 518 g/mol. The van der Waals surface area contributed by atoms with E-state index in [0.717, 1.165) is 5.56 Å². The number of nitrogens with two attached hydrogens (primary N) is 2. The first kappa shape index (κ1) is 34.2. The molecule has 0 aliphatic carbocycles. The molecule has 0 heterocycles. The van der Waals surface area contributed by atoms with Crippen LogP contribution >= 0.6 is 0 Å². The van der Waals surface area contributed by atoms with Crippen molar-refractivity contribution in [3.63, 3.8) is 0 Å². The van der Waals surface area contributed by atoms with Gasteiger partial charge in [0.15, 0.2) is 5.96 Å². The van der Waals surface area contributed by atoms with Gasteiger partial charge in [0.2, 0.25) is 17.7 Å². The molecule has 0 aromatic heterocycles. The van der Waals surface area contributed by atoms with Crippen LogP contribution < -0.4 is 27.4 Å². The number of benzene rings is 1. The SMILES string of the molecule is CC(C)C[C@H](NC(=O)[C@H](C)NC(=O)[C@H](CCCN=C(N)N)NC(=O)OCc1ccccc1)[C@@H](O)CC(=O)N(C)C. The Kier molecular flexibility index (Phi) is 15.1. The summed E-state index contributed by atoms with van der Waals surface area (Å²) in [6.07, 6.45) is -1.08. The molecule has 0 unspecified atom stereocenters. The van der Waals surface area contributed by atoms with Gasteiger partial charge >= 0.3 is 6.09 Å². The van der Waals surface area contributed by atoms with Gasteiger partial charge in [-0.05, 0) is 37.7 Å². The second kappa shape index (κ2) is 17.7. The van der Waals surface area contributed by atoms with Crippen LogP contribution in [0.3, 0.4) is 0 Å². The molecule has 0 fully saturated rings. The van der Waals surface area contributed by atoms with Crippen LogP contribution in [0, 0.1) is 5.92 Å². The number of aliphatic hydroxyl groups is 1. The summed E-state index contributed by atoms with van der Waals surface area (Å²) in [6.45, 7) is 5.61. The summed E-state index contributed by atoms with van der Waals surface area (Å²) in [6, 6.07) is 6.34. The number of nitrogens with one attached hydrogen (secondary N) is 3. The van der Waals surface area contributed by atoms with Gasteiger partial charge in [0.25, 0.3) is 0 Å². The highest BCUT2D eigenvalue weighted by molar-refractivity contribution is 5.91. The third-order valence-electron chi connectivity index (χ3n) is 5.92. The molecule has 13 heteroatoms. The van der Waals surface area contributed by atoms with Crippen LogP contribution in [-0.4, -0.2) is 84.7 Å². The lowest BCUT2D eigenvalue weighted by Gasteiger charge is -2.28. The molecule has 13 nitrogen and oxygen atoms in total. The predicted octanol–water partition coefficient (Wildman–Crippen LogP) is 0.210. The molecule has 0 saturated carbocycles. The Morgan fingerprint density at radius 1 is 1.00 bits per heavy atom. The van der Waals surface area contributed by atoms with E-state index in [0.29, 0.717) is 12.8 Å². The van der Waals surface area contributed by atoms with Crippen LogP contribution in [0.25, 0.3) is 0 Å². The zero-order valence-corrected chi connectivity index (χ0v) is 24.1. The maximum absolute atomic E-state index is 13.1. The molecule has 0 bridgehead atoms. The van der Waals surface area contributed by atoms with Gasteiger partial charge in [-0.25, -0.2) is 4.79 Å². The summed E-state index contributed by atoms with van der Waals surface area (Å²) in [5.41, 5.74) is 11.5. The van der Waals surface area contributed by atoms with Crippen molar-refractivity contribution >= 4 is 29.8 Å². The minimum Gasteiger partial charge on any atom is -0.445 e. The maximum Gasteiger partial charge on any atom is 0.408 e. The van der Waals surface area contributed by atoms with Gasteiger partial charge in [-0.15, -0.1) is 0 Å². The average Bonchev–Trinajstić information content (AvgIpc) is 2.88. The molecule has 1 aromatic rings. The molecule has 4 atom stereocenters. The Bertz CT molecular complexity index is 983. The number of carbonyl (C=O) groups is 4. The molecule has 0 radical (unpaired) electrons. The lowest BCUT2D eigenvalue weighted by atomic mass is 9.96. The second-order valence-electron chi connectivity index (χ2n) is 10.2. The average molecular weight is 564 g/mol. The smallest absolute Gasteiger partial charge is 0.408 e. The molecule has 4 amide bonds. The monoisotopic (exact) mass is 563 g/mol. The van der Waals surface area contributed by atoms with Crippen LogP contribution in [0.5, 0.6) is 0 Å². The standard InChI is InChI=1S/C27H45N7O6/c1-17(2)14-21(22(35)15-23(36)34(4)5)32-24(37)18(3)31-25(38)20(12-9-13-30-26(28)29)33-27(39)40-16-19-10-7-6-8-11-19/h6-8,10-11,17-18,20-22,35H,9,12-16H2,1-5H3,(H,31,38)(H,32,37)(H,33,39)(H4,28,29,30)/t18-,20-,21-,22-/m0/s1. The minimum absolute atomic E-state index is 0.0176. The minimum atomic E-state index is -1.10. The number of nitrogens with zero attached hydrogens (tertiary/aromatic N) is 2. The van der Waals surface area contributed by atoms with E-state index in [9.17, 15) is 24.3 Å². The highest BCUT2D eigenvalue weighted by Crippen LogP contribution is 2.12. The summed E-state index contributed by atoms with van der Waals surface area (Å²) in [5, 5.41) is 18.5. The zero-order chi connectivity index (χ0) is 30.2. The zero-order valence-electron chi connectivity index (χ0n) is 24.1. The van der Waals surface area contributed by atoms with Gasteiger partial charge < -0.3 is 42.2 Å². The number of alkyl carbamates (subject to hydrolysis) is 1. The quantitative estimate of drug-likeness (QED) is 0.0930. The summed E-state index contributed by atoms with van der Waals surface area (Å²) in [4.78, 5) is 55.8. The fourth-order valence-corrected chi connectivity index (χ4v) is 3.69. The van der Waals surface area contributed by atoms with Crippen molar-refractivity contribution in [3.05, 3.63) is 35.9 Å². The number of rotatable bonds is 16. The van der Waals surface area contributed by atoms with E-state index >= 15 is 0 Å². The van der Waals surface area contributed by atoms with E-state index in [2.05, 4.69) is 20.9 Å². The highest BCUT2D eigenvalue weighted by atomic mass is 16.5. The van der Waals surface area contributed by atoms with Gasteiger partial charge in [-0.3, -0.25) is 19.4 Å². The second-order valence-corrected chi connectivity index (χ2v) is 10.2. The van der Waals surface area contributed by atoms with Crippen LogP contribution in [-0.2, 0) is 25.7 Å². The van der Waals surface area contributed by atoms with Crippen molar-refractivity contribution in [1.29, 1.82) is 0 Å². The lowest BCUT2D eigenvalue weighted by molar-refractivity contribution is -0.133. The number of aliphatic hydroxyl groups excluding tert-OH is 1. The molecule has 0 spiro atoms. The van der Waals surface area contributed by atoms with Crippen LogP contribution in [0.1, 0.15) is 52.0 Å². The first-order valence-electron chi connectivity index (χ1n) is 13.3. The topological polar surface area (TPSA) is 201 Å². The molecule has 0 aliphatic heterocycles. The molecule has 224 valence electrons. The van der Waals surface area contributed by atoms with Gasteiger partial charge in [-0.2, -0.15) is 0 Å². The number of hydrogen-bond donors (Lipinski definition) is 6. The van der Waals surface area contributed by atoms with Crippen LogP contribution in [0.2, 0.25) is 0 Å². The molecular formula is C27H45N7O6. The fraction of sp³-hybridized carbons (Fsp3) is 0.593. The fourth-order valence-electron chi connectivity index (χ4n) is 3.69. The van der Waals surface area contributed by atoms with Crippen molar-refractivity contribution in [2.24, 2.45) is 22.4 Å². The van der Waals surface area contributed by atoms with E-state index in [-0.39, 0.29) is 43.8 Å². The molecule has 1 aromatic carbocycles. The molecule has 40 heavy (non-hydrogen) atoms. The van der Waals surface area contributed by atoms with E-state index in [1.54, 1.807) is 26.2 Å². The summed E-state index contributed by atoms with van der Waals surface area (Å²) in [7, 11) is 3.17. The van der Waals surface area contributed by atoms with Crippen molar-refractivity contribution in [2.45, 2.75) is 77.3 Å². The predicted molar refractivity (Wildman–Crippen MR) is 152 cm³/mol. The Balaban J connectivity index is 2.84. The molecule has 8 N–H and O–H groups in total. The number of ether oxygens (including phenoxy) is 1. The Hall–Kier alpha value is -3.87. The molecule has 0 aliphatic rings. The van der Waals surface area contributed by atoms with Gasteiger partial charge in [0.05, 0.1) is 18.6 Å². The first-order valence-corrected chi connectivity index (χ1v) is 13.3. The van der Waals surface area contributed by atoms with Crippen molar-refractivity contribution in [3.8, 4) is 0 Å². The third kappa shape index (κ3) is 13.8. The Morgan fingerprint density at radius 2 is 1.65 bits per heavy atom. The van der Waals surface area contributed by atoms with E-state index in [4.69, 9.17) is 16.2 Å². The van der Waals surface area contributed by atoms with Crippen molar-refractivity contribution in [2.75, 3.05) is 20.6 Å². The van der Waals surface area contributed by atoms with Crippen molar-refractivity contribution < 1.29 is 29.0 Å². The molecule has 1 rings (SSSR count). The van der Waals surface area contributed by atoms with Crippen LogP contribution in [0.15, 0.2) is 35.3 Å². The summed E-state index contributed by atoms with van der Waals surface area (Å²) < 4.78 is 5.23. The van der Waals surface area contributed by atoms with Gasteiger partial charge in [0, 0.05) is 20.6 Å². The maximum atomic E-state index is 13.1. The number of carbonyl (C=O) groups excluding carboxylic acids is 4. The number of hydrogen-bond acceptors (Lipinski definition) is 7. The third-order valence-corrected chi connectivity index (χ3v) is 5.92. The van der Waals surface area contributed by atoms with E-state index in [1.807, 2.05) is 32.0 Å². The van der Waals surface area contributed by atoms with E-state index in [1.165, 1.54) is 11.8 Å². The van der Waals surface area contributed by atoms with Crippen LogP contribution in [0.4, 0.5) is 4.79 Å². The highest BCUT2D eigenvalue weighted by Gasteiger charge is 2.29. The van der Waals surface area contributed by atoms with Gasteiger partial charge in [0.1, 0.15) is 18.7 Å². The normalized spacial score (nSPS) is 13.8. The first-order chi connectivity index (χ1) is 18.8. The number of aliphatic imine (C=N–C) groups is 1. The number of amides is 4. The lowest BCUT2D eigenvalue weighted by Crippen LogP contribution is -2.55. The van der Waals surface area contributed by atoms with Gasteiger partial charge in [-0.1, -0.05) is 44.2 Å². The summed E-state index contributed by atoms with van der Waals surface area (Å²) >= 11 is 0. The largest absolute Gasteiger partial charge is 0.445 e. The number of guanidine groups is 1. The Morgan fingerprint density at radius 3 is 2.23 bits per heavy atom. The Labute approximate surface area is 236 Å². The van der Waals surface area contributed by atoms with Crippen molar-refractivity contribution in [1.82, 2.24) is 20.9 Å². The summed E-state index contributed by atoms with van der Waals surface area (Å²) in [5.74, 6) is -1.38. The molecule has 0 saturated heterocycles.